The van der Waals surface area contributed by atoms with Gasteiger partial charge in [0.2, 0.25) is 5.91 Å². The Morgan fingerprint density at radius 2 is 2.07 bits per heavy atom. The Kier molecular flexibility index (Phi) is 4.64. The van der Waals surface area contributed by atoms with Crippen molar-refractivity contribution in [2.75, 3.05) is 6.54 Å². The first-order valence-corrected chi connectivity index (χ1v) is 5.70. The molecular weight excluding hydrogens is 188 g/mol. The summed E-state index contributed by atoms with van der Waals surface area (Å²) >= 11 is 0. The van der Waals surface area contributed by atoms with Gasteiger partial charge in [-0.3, -0.25) is 4.79 Å². The minimum Gasteiger partial charge on any atom is -0.354 e. The third-order valence-corrected chi connectivity index (χ3v) is 2.98. The SMILES string of the molecule is C#CCCCNC(=O)C1(N)CCCCC1. The van der Waals surface area contributed by atoms with E-state index < -0.39 is 5.54 Å². The third kappa shape index (κ3) is 3.56. The predicted octanol–water partition coefficient (Wildman–Crippen LogP) is 1.18. The first-order chi connectivity index (χ1) is 7.19. The highest BCUT2D eigenvalue weighted by atomic mass is 16.2. The van der Waals surface area contributed by atoms with Crippen molar-refractivity contribution in [1.29, 1.82) is 0 Å². The number of unbranched alkanes of at least 4 members (excludes halogenated alkanes) is 1. The van der Waals surface area contributed by atoms with E-state index in [4.69, 9.17) is 12.2 Å². The summed E-state index contributed by atoms with van der Waals surface area (Å²) in [6, 6.07) is 0. The van der Waals surface area contributed by atoms with Gasteiger partial charge in [0, 0.05) is 13.0 Å². The van der Waals surface area contributed by atoms with Crippen molar-refractivity contribution < 1.29 is 4.79 Å². The maximum absolute atomic E-state index is 11.8. The van der Waals surface area contributed by atoms with Crippen molar-refractivity contribution in [3.05, 3.63) is 0 Å². The topological polar surface area (TPSA) is 55.1 Å². The molecule has 15 heavy (non-hydrogen) atoms. The highest BCUT2D eigenvalue weighted by Gasteiger charge is 2.34. The quantitative estimate of drug-likeness (QED) is 0.538. The Hall–Kier alpha value is -1.01. The maximum atomic E-state index is 11.8. The van der Waals surface area contributed by atoms with E-state index in [9.17, 15) is 4.79 Å². The van der Waals surface area contributed by atoms with Crippen molar-refractivity contribution in [2.24, 2.45) is 5.73 Å². The van der Waals surface area contributed by atoms with Crippen LogP contribution in [-0.4, -0.2) is 18.0 Å². The summed E-state index contributed by atoms with van der Waals surface area (Å²) in [6.07, 6.45) is 11.6. The average Bonchev–Trinajstić information content (AvgIpc) is 2.25. The number of nitrogens with one attached hydrogen (secondary N) is 1. The normalized spacial score (nSPS) is 19.2. The maximum Gasteiger partial charge on any atom is 0.240 e. The van der Waals surface area contributed by atoms with Crippen LogP contribution in [0.4, 0.5) is 0 Å². The predicted molar refractivity (Wildman–Crippen MR) is 61.1 cm³/mol. The van der Waals surface area contributed by atoms with Crippen LogP contribution in [0, 0.1) is 12.3 Å². The van der Waals surface area contributed by atoms with Crippen molar-refractivity contribution in [3.8, 4) is 12.3 Å². The molecule has 1 fully saturated rings. The van der Waals surface area contributed by atoms with Gasteiger partial charge in [0.05, 0.1) is 5.54 Å². The van der Waals surface area contributed by atoms with Crippen LogP contribution >= 0.6 is 0 Å². The minimum absolute atomic E-state index is 0.000721. The smallest absolute Gasteiger partial charge is 0.240 e. The lowest BCUT2D eigenvalue weighted by Gasteiger charge is -2.31. The van der Waals surface area contributed by atoms with Crippen LogP contribution < -0.4 is 11.1 Å². The lowest BCUT2D eigenvalue weighted by Crippen LogP contribution is -2.55. The van der Waals surface area contributed by atoms with Gasteiger partial charge in [-0.1, -0.05) is 19.3 Å². The van der Waals surface area contributed by atoms with Crippen LogP contribution in [0.5, 0.6) is 0 Å². The van der Waals surface area contributed by atoms with Crippen LogP contribution in [0.2, 0.25) is 0 Å². The molecule has 3 heteroatoms. The fraction of sp³-hybridized carbons (Fsp3) is 0.750. The van der Waals surface area contributed by atoms with E-state index in [2.05, 4.69) is 11.2 Å². The number of hydrogen-bond acceptors (Lipinski definition) is 2. The van der Waals surface area contributed by atoms with Crippen molar-refractivity contribution in [2.45, 2.75) is 50.5 Å². The number of carbonyl (C=O) groups is 1. The summed E-state index contributed by atoms with van der Waals surface area (Å²) in [5.74, 6) is 2.55. The molecule has 0 aliphatic heterocycles. The molecule has 0 aromatic carbocycles. The second kappa shape index (κ2) is 5.77. The zero-order valence-electron chi connectivity index (χ0n) is 9.22. The minimum atomic E-state index is -0.617. The van der Waals surface area contributed by atoms with Crippen molar-refractivity contribution in [3.63, 3.8) is 0 Å². The van der Waals surface area contributed by atoms with Crippen molar-refractivity contribution in [1.82, 2.24) is 5.32 Å². The van der Waals surface area contributed by atoms with Gasteiger partial charge in [0.1, 0.15) is 0 Å². The van der Waals surface area contributed by atoms with Gasteiger partial charge in [-0.25, -0.2) is 0 Å². The molecule has 3 N–H and O–H groups in total. The Morgan fingerprint density at radius 1 is 1.40 bits per heavy atom. The molecule has 1 amide bonds. The zero-order chi connectivity index (χ0) is 11.1. The van der Waals surface area contributed by atoms with Crippen LogP contribution in [0.1, 0.15) is 44.9 Å². The van der Waals surface area contributed by atoms with Crippen LogP contribution in [0.3, 0.4) is 0 Å². The number of hydrogen-bond donors (Lipinski definition) is 2. The fourth-order valence-corrected chi connectivity index (χ4v) is 1.98. The van der Waals surface area contributed by atoms with Gasteiger partial charge in [0.15, 0.2) is 0 Å². The number of carbonyl (C=O) groups excluding carboxylic acids is 1. The molecule has 1 saturated carbocycles. The lowest BCUT2D eigenvalue weighted by molar-refractivity contribution is -0.127. The van der Waals surface area contributed by atoms with Crippen LogP contribution in [-0.2, 0) is 4.79 Å². The summed E-state index contributed by atoms with van der Waals surface area (Å²) in [5.41, 5.74) is 5.45. The lowest BCUT2D eigenvalue weighted by atomic mass is 9.82. The van der Waals surface area contributed by atoms with E-state index in [0.717, 1.165) is 32.1 Å². The standard InChI is InChI=1S/C12H20N2O/c1-2-3-7-10-14-11(15)12(13)8-5-4-6-9-12/h1H,3-10,13H2,(H,14,15). The zero-order valence-corrected chi connectivity index (χ0v) is 9.22. The van der Waals surface area contributed by atoms with Gasteiger partial charge in [-0.05, 0) is 19.3 Å². The number of nitrogens with two attached hydrogens (primary N) is 1. The first-order valence-electron chi connectivity index (χ1n) is 5.70. The van der Waals surface area contributed by atoms with E-state index in [1.54, 1.807) is 0 Å². The summed E-state index contributed by atoms with van der Waals surface area (Å²) in [7, 11) is 0. The summed E-state index contributed by atoms with van der Waals surface area (Å²) in [5, 5.41) is 2.87. The Balaban J connectivity index is 2.29. The number of rotatable bonds is 4. The van der Waals surface area contributed by atoms with Crippen LogP contribution in [0.15, 0.2) is 0 Å². The highest BCUT2D eigenvalue weighted by Crippen LogP contribution is 2.25. The molecule has 3 nitrogen and oxygen atoms in total. The fourth-order valence-electron chi connectivity index (χ4n) is 1.98. The molecule has 0 saturated heterocycles. The monoisotopic (exact) mass is 208 g/mol. The summed E-state index contributed by atoms with van der Waals surface area (Å²) < 4.78 is 0. The molecule has 0 aromatic rings. The van der Waals surface area contributed by atoms with Gasteiger partial charge < -0.3 is 11.1 Å². The van der Waals surface area contributed by atoms with Crippen LogP contribution in [0.25, 0.3) is 0 Å². The third-order valence-electron chi connectivity index (χ3n) is 2.98. The highest BCUT2D eigenvalue weighted by molar-refractivity contribution is 5.86. The van der Waals surface area contributed by atoms with Gasteiger partial charge >= 0.3 is 0 Å². The van der Waals surface area contributed by atoms with Gasteiger partial charge in [-0.2, -0.15) is 0 Å². The van der Waals surface area contributed by atoms with Crippen molar-refractivity contribution >= 4 is 5.91 Å². The molecule has 0 radical (unpaired) electrons. The van der Waals surface area contributed by atoms with E-state index in [1.165, 1.54) is 6.42 Å². The molecule has 1 aliphatic rings. The molecule has 0 atom stereocenters. The van der Waals surface area contributed by atoms with Gasteiger partial charge in [-0.15, -0.1) is 12.3 Å². The Bertz CT molecular complexity index is 249. The van der Waals surface area contributed by atoms with Gasteiger partial charge in [0.25, 0.3) is 0 Å². The first kappa shape index (κ1) is 12.1. The number of amides is 1. The van der Waals surface area contributed by atoms with E-state index in [1.807, 2.05) is 0 Å². The molecule has 0 unspecified atom stereocenters. The Morgan fingerprint density at radius 3 is 2.67 bits per heavy atom. The largest absolute Gasteiger partial charge is 0.354 e. The summed E-state index contributed by atoms with van der Waals surface area (Å²) in [6.45, 7) is 0.641. The second-order valence-corrected chi connectivity index (χ2v) is 4.28. The molecule has 84 valence electrons. The molecule has 0 heterocycles. The molecule has 0 spiro atoms. The molecule has 0 bridgehead atoms. The number of terminal acetylenes is 1. The van der Waals surface area contributed by atoms with E-state index >= 15 is 0 Å². The second-order valence-electron chi connectivity index (χ2n) is 4.28. The van der Waals surface area contributed by atoms with E-state index in [0.29, 0.717) is 13.0 Å². The molecule has 1 aliphatic carbocycles. The average molecular weight is 208 g/mol. The molecule has 0 aromatic heterocycles. The summed E-state index contributed by atoms with van der Waals surface area (Å²) in [4.78, 5) is 11.8. The Labute approximate surface area is 91.8 Å². The molecular formula is C12H20N2O. The molecule has 1 rings (SSSR count). The van der Waals surface area contributed by atoms with E-state index in [-0.39, 0.29) is 5.91 Å².